The summed E-state index contributed by atoms with van der Waals surface area (Å²) in [5, 5.41) is 0. The standard InChI is InChI=1S/C9H13N3O/c1-7(10)11-8-5-3-4-6-9(8)12-13-2/h3-6,12H,1-2H3,(H2,10,11)/p+1. The first kappa shape index (κ1) is 9.70. The van der Waals surface area contributed by atoms with Crippen LogP contribution in [0.1, 0.15) is 6.92 Å². The average Bonchev–Trinajstić information content (AvgIpc) is 2.08. The van der Waals surface area contributed by atoms with Gasteiger partial charge in [-0.25, -0.2) is 9.83 Å². The largest absolute Gasteiger partial charge is 0.387 e. The third-order valence-electron chi connectivity index (χ3n) is 1.48. The summed E-state index contributed by atoms with van der Waals surface area (Å²) in [6.07, 6.45) is 0. The summed E-state index contributed by atoms with van der Waals surface area (Å²) in [7, 11) is 1.61. The van der Waals surface area contributed by atoms with Crippen LogP contribution in [-0.2, 0) is 4.84 Å². The third kappa shape index (κ3) is 2.85. The van der Waals surface area contributed by atoms with E-state index < -0.39 is 0 Å². The van der Waals surface area contributed by atoms with Gasteiger partial charge in [0.2, 0.25) is 0 Å². The molecular weight excluding hydrogens is 166 g/mol. The van der Waals surface area contributed by atoms with E-state index in [1.807, 2.05) is 24.3 Å². The van der Waals surface area contributed by atoms with Gasteiger partial charge in [-0.3, -0.25) is 0 Å². The van der Waals surface area contributed by atoms with Gasteiger partial charge in [0.25, 0.3) is 0 Å². The van der Waals surface area contributed by atoms with Crippen LogP contribution in [0.25, 0.3) is 0 Å². The number of nitrogens with two attached hydrogens (primary N) is 2. The van der Waals surface area contributed by atoms with Crippen molar-refractivity contribution in [2.75, 3.05) is 7.11 Å². The summed E-state index contributed by atoms with van der Waals surface area (Å²) in [6.45, 7) is 1.75. The molecule has 0 heterocycles. The van der Waals surface area contributed by atoms with Crippen molar-refractivity contribution in [3.63, 3.8) is 0 Å². The van der Waals surface area contributed by atoms with Crippen molar-refractivity contribution < 1.29 is 10.3 Å². The number of rotatable bonds is 3. The molecule has 70 valence electrons. The Kier molecular flexibility index (Phi) is 3.42. The van der Waals surface area contributed by atoms with Gasteiger partial charge in [0.05, 0.1) is 12.9 Å². The molecule has 4 heteroatoms. The lowest BCUT2D eigenvalue weighted by atomic mass is 10.3. The Bertz CT molecular complexity index is 305. The fourth-order valence-electron chi connectivity index (χ4n) is 1.01. The van der Waals surface area contributed by atoms with Gasteiger partial charge in [0.15, 0.2) is 5.69 Å². The highest BCUT2D eigenvalue weighted by Crippen LogP contribution is 2.19. The van der Waals surface area contributed by atoms with Crippen LogP contribution in [0.5, 0.6) is 0 Å². The molecule has 13 heavy (non-hydrogen) atoms. The minimum Gasteiger partial charge on any atom is -0.387 e. The number of para-hydroxylation sites is 1. The van der Waals surface area contributed by atoms with E-state index in [0.29, 0.717) is 5.84 Å². The predicted octanol–water partition coefficient (Wildman–Crippen LogP) is 0.451. The normalized spacial score (nSPS) is 11.7. The average molecular weight is 180 g/mol. The minimum absolute atomic E-state index is 0.539. The lowest BCUT2D eigenvalue weighted by Crippen LogP contribution is -2.75. The molecule has 0 radical (unpaired) electrons. The second kappa shape index (κ2) is 4.59. The van der Waals surface area contributed by atoms with Gasteiger partial charge in [-0.2, -0.15) is 5.48 Å². The van der Waals surface area contributed by atoms with Gasteiger partial charge in [0.1, 0.15) is 5.69 Å². The molecular formula is C9H14N3O+. The van der Waals surface area contributed by atoms with E-state index in [2.05, 4.69) is 4.99 Å². The van der Waals surface area contributed by atoms with Crippen molar-refractivity contribution in [3.8, 4) is 0 Å². The second-order valence-electron chi connectivity index (χ2n) is 2.67. The first-order chi connectivity index (χ1) is 6.24. The summed E-state index contributed by atoms with van der Waals surface area (Å²) in [6, 6.07) is 7.65. The lowest BCUT2D eigenvalue weighted by molar-refractivity contribution is -0.829. The molecule has 0 aromatic heterocycles. The van der Waals surface area contributed by atoms with Gasteiger partial charge < -0.3 is 5.73 Å². The highest BCUT2D eigenvalue weighted by Gasteiger charge is 2.03. The monoisotopic (exact) mass is 180 g/mol. The molecule has 0 aliphatic heterocycles. The van der Waals surface area contributed by atoms with E-state index in [9.17, 15) is 0 Å². The van der Waals surface area contributed by atoms with Gasteiger partial charge in [-0.05, 0) is 13.0 Å². The summed E-state index contributed by atoms with van der Waals surface area (Å²) in [4.78, 5) is 9.08. The van der Waals surface area contributed by atoms with Crippen molar-refractivity contribution in [2.45, 2.75) is 6.92 Å². The van der Waals surface area contributed by atoms with Crippen molar-refractivity contribution in [1.29, 1.82) is 0 Å². The summed E-state index contributed by atoms with van der Waals surface area (Å²) in [5.41, 5.74) is 8.87. The highest BCUT2D eigenvalue weighted by molar-refractivity contribution is 5.82. The van der Waals surface area contributed by atoms with Crippen LogP contribution >= 0.6 is 0 Å². The fraction of sp³-hybridized carbons (Fsp3) is 0.222. The van der Waals surface area contributed by atoms with Crippen molar-refractivity contribution in [1.82, 2.24) is 0 Å². The SMILES string of the molecule is CO[NH2+]c1ccccc1N=C(C)N. The lowest BCUT2D eigenvalue weighted by Gasteiger charge is -2.00. The number of hydrogen-bond donors (Lipinski definition) is 2. The van der Waals surface area contributed by atoms with Crippen LogP contribution in [-0.4, -0.2) is 12.9 Å². The van der Waals surface area contributed by atoms with Gasteiger partial charge in [0, 0.05) is 6.07 Å². The molecule has 1 aromatic carbocycles. The van der Waals surface area contributed by atoms with Crippen molar-refractivity contribution in [2.24, 2.45) is 10.7 Å². The van der Waals surface area contributed by atoms with E-state index in [1.165, 1.54) is 0 Å². The van der Waals surface area contributed by atoms with Crippen LogP contribution in [0.4, 0.5) is 11.4 Å². The minimum atomic E-state index is 0.539. The number of benzene rings is 1. The molecule has 0 fully saturated rings. The summed E-state index contributed by atoms with van der Waals surface area (Å²) < 4.78 is 0. The Morgan fingerprint density at radius 1 is 1.46 bits per heavy atom. The molecule has 4 N–H and O–H groups in total. The molecule has 1 rings (SSSR count). The van der Waals surface area contributed by atoms with Gasteiger partial charge >= 0.3 is 0 Å². The number of hydrogen-bond acceptors (Lipinski definition) is 2. The van der Waals surface area contributed by atoms with Gasteiger partial charge in [-0.1, -0.05) is 12.1 Å². The maximum atomic E-state index is 5.48. The Balaban J connectivity index is 2.97. The molecule has 0 atom stereocenters. The second-order valence-corrected chi connectivity index (χ2v) is 2.67. The van der Waals surface area contributed by atoms with E-state index >= 15 is 0 Å². The zero-order valence-electron chi connectivity index (χ0n) is 7.82. The molecule has 0 saturated heterocycles. The van der Waals surface area contributed by atoms with Crippen LogP contribution in [0, 0.1) is 0 Å². The molecule has 0 saturated carbocycles. The Labute approximate surface area is 77.4 Å². The first-order valence-corrected chi connectivity index (χ1v) is 4.00. The first-order valence-electron chi connectivity index (χ1n) is 4.00. The molecule has 0 aliphatic carbocycles. The number of amidine groups is 1. The van der Waals surface area contributed by atoms with Crippen molar-refractivity contribution in [3.05, 3.63) is 24.3 Å². The van der Waals surface area contributed by atoms with E-state index in [-0.39, 0.29) is 0 Å². The zero-order chi connectivity index (χ0) is 9.68. The molecule has 1 aromatic rings. The van der Waals surface area contributed by atoms with E-state index in [4.69, 9.17) is 10.6 Å². The number of nitrogens with zero attached hydrogens (tertiary/aromatic N) is 1. The van der Waals surface area contributed by atoms with Crippen LogP contribution in [0.2, 0.25) is 0 Å². The van der Waals surface area contributed by atoms with Crippen LogP contribution < -0.4 is 11.2 Å². The van der Waals surface area contributed by atoms with Crippen LogP contribution in [0.15, 0.2) is 29.3 Å². The smallest absolute Gasteiger partial charge is 0.187 e. The zero-order valence-corrected chi connectivity index (χ0v) is 7.82. The third-order valence-corrected chi connectivity index (χ3v) is 1.48. The Morgan fingerprint density at radius 2 is 2.15 bits per heavy atom. The predicted molar refractivity (Wildman–Crippen MR) is 52.0 cm³/mol. The van der Waals surface area contributed by atoms with Crippen molar-refractivity contribution >= 4 is 17.2 Å². The number of quaternary nitrogens is 1. The number of aliphatic imine (C=N–C) groups is 1. The van der Waals surface area contributed by atoms with Gasteiger partial charge in [-0.15, -0.1) is 0 Å². The molecule has 0 spiro atoms. The molecule has 0 aliphatic rings. The molecule has 0 unspecified atom stereocenters. The van der Waals surface area contributed by atoms with E-state index in [0.717, 1.165) is 11.4 Å². The molecule has 0 bridgehead atoms. The maximum absolute atomic E-state index is 5.48. The fourth-order valence-corrected chi connectivity index (χ4v) is 1.01. The highest BCUT2D eigenvalue weighted by atomic mass is 16.6. The summed E-state index contributed by atoms with van der Waals surface area (Å²) >= 11 is 0. The van der Waals surface area contributed by atoms with Crippen LogP contribution in [0.3, 0.4) is 0 Å². The Morgan fingerprint density at radius 3 is 2.77 bits per heavy atom. The molecule has 0 amide bonds. The molecule has 4 nitrogen and oxygen atoms in total. The van der Waals surface area contributed by atoms with E-state index in [1.54, 1.807) is 19.5 Å². The quantitative estimate of drug-likeness (QED) is 0.307. The maximum Gasteiger partial charge on any atom is 0.187 e. The summed E-state index contributed by atoms with van der Waals surface area (Å²) in [5.74, 6) is 0.539. The Hall–Kier alpha value is -1.39. The topological polar surface area (TPSA) is 64.2 Å².